The largest absolute Gasteiger partial charge is 0.493 e. The predicted molar refractivity (Wildman–Crippen MR) is 66.1 cm³/mol. The van der Waals surface area contributed by atoms with E-state index in [1.807, 2.05) is 14.1 Å². The molecule has 1 aromatic carbocycles. The lowest BCUT2D eigenvalue weighted by Gasteiger charge is -2.09. The molecule has 0 saturated heterocycles. The minimum absolute atomic E-state index is 0.445. The van der Waals surface area contributed by atoms with Crippen LogP contribution in [0.3, 0.4) is 0 Å². The van der Waals surface area contributed by atoms with Crippen molar-refractivity contribution >= 4 is 12.0 Å². The average molecular weight is 233 g/mol. The molecule has 0 unspecified atom stereocenters. The molecule has 90 valence electrons. The summed E-state index contributed by atoms with van der Waals surface area (Å²) in [6.45, 7) is 0. The van der Waals surface area contributed by atoms with Gasteiger partial charge in [-0.1, -0.05) is 0 Å². The first-order chi connectivity index (χ1) is 8.12. The highest BCUT2D eigenvalue weighted by Crippen LogP contribution is 2.34. The molecule has 5 nitrogen and oxygen atoms in total. The van der Waals surface area contributed by atoms with Crippen molar-refractivity contribution in [3.8, 4) is 17.6 Å². The molecule has 0 fully saturated rings. The number of benzene rings is 1. The lowest BCUT2D eigenvalue weighted by molar-refractivity contribution is 0.355. The van der Waals surface area contributed by atoms with E-state index in [1.54, 1.807) is 30.5 Å². The summed E-state index contributed by atoms with van der Waals surface area (Å²) in [5, 5.41) is 9.03. The number of ether oxygens (including phenoxy) is 2. The molecule has 0 heterocycles. The fourth-order valence-corrected chi connectivity index (χ4v) is 1.24. The lowest BCUT2D eigenvalue weighted by Crippen LogP contribution is -2.07. The molecule has 0 amide bonds. The van der Waals surface area contributed by atoms with Crippen molar-refractivity contribution in [2.45, 2.75) is 0 Å². The van der Waals surface area contributed by atoms with E-state index >= 15 is 0 Å². The van der Waals surface area contributed by atoms with Gasteiger partial charge in [-0.2, -0.15) is 5.26 Å². The number of hydrogen-bond acceptors (Lipinski definition) is 4. The van der Waals surface area contributed by atoms with Crippen molar-refractivity contribution in [1.82, 2.24) is 4.90 Å². The molecular formula is C12H15N3O2. The van der Waals surface area contributed by atoms with Crippen LogP contribution in [0.4, 0.5) is 5.69 Å². The molecule has 0 spiro atoms. The van der Waals surface area contributed by atoms with Crippen LogP contribution in [0.25, 0.3) is 0 Å². The van der Waals surface area contributed by atoms with Gasteiger partial charge in [0.15, 0.2) is 11.5 Å². The highest BCUT2D eigenvalue weighted by Gasteiger charge is 2.09. The summed E-state index contributed by atoms with van der Waals surface area (Å²) in [7, 11) is 6.79. The van der Waals surface area contributed by atoms with Gasteiger partial charge in [0.25, 0.3) is 0 Å². The molecule has 1 aromatic rings. The first kappa shape index (κ1) is 12.8. The second-order valence-electron chi connectivity index (χ2n) is 3.54. The van der Waals surface area contributed by atoms with Gasteiger partial charge in [-0.25, -0.2) is 4.99 Å². The third-order valence-corrected chi connectivity index (χ3v) is 2.05. The van der Waals surface area contributed by atoms with E-state index in [9.17, 15) is 0 Å². The van der Waals surface area contributed by atoms with E-state index in [0.717, 1.165) is 0 Å². The number of rotatable bonds is 4. The molecule has 0 aliphatic rings. The Balaban J connectivity index is 3.25. The van der Waals surface area contributed by atoms with Gasteiger partial charge in [-0.15, -0.1) is 0 Å². The Labute approximate surface area is 101 Å². The van der Waals surface area contributed by atoms with Crippen molar-refractivity contribution in [3.63, 3.8) is 0 Å². The predicted octanol–water partition coefficient (Wildman–Crippen LogP) is 1.80. The van der Waals surface area contributed by atoms with E-state index in [2.05, 4.69) is 11.1 Å². The smallest absolute Gasteiger partial charge is 0.162 e. The number of nitriles is 1. The van der Waals surface area contributed by atoms with Crippen LogP contribution in [0.15, 0.2) is 17.1 Å². The van der Waals surface area contributed by atoms with Crippen molar-refractivity contribution in [1.29, 1.82) is 5.26 Å². The molecule has 17 heavy (non-hydrogen) atoms. The Morgan fingerprint density at radius 3 is 2.29 bits per heavy atom. The number of methoxy groups -OCH3 is 2. The van der Waals surface area contributed by atoms with Gasteiger partial charge in [0.2, 0.25) is 0 Å². The quantitative estimate of drug-likeness (QED) is 0.587. The van der Waals surface area contributed by atoms with Crippen LogP contribution in [0.1, 0.15) is 5.56 Å². The third-order valence-electron chi connectivity index (χ3n) is 2.05. The molecule has 0 atom stereocenters. The first-order valence-corrected chi connectivity index (χ1v) is 4.99. The van der Waals surface area contributed by atoms with Gasteiger partial charge in [-0.3, -0.25) is 0 Å². The maximum atomic E-state index is 9.03. The zero-order valence-electron chi connectivity index (χ0n) is 10.4. The summed E-state index contributed by atoms with van der Waals surface area (Å²) in [4.78, 5) is 5.99. The van der Waals surface area contributed by atoms with Crippen LogP contribution in [0.2, 0.25) is 0 Å². The molecule has 5 heteroatoms. The minimum Gasteiger partial charge on any atom is -0.493 e. The van der Waals surface area contributed by atoms with Crippen LogP contribution in [0.5, 0.6) is 11.5 Å². The van der Waals surface area contributed by atoms with Gasteiger partial charge in [0.1, 0.15) is 6.07 Å². The van der Waals surface area contributed by atoms with Crippen molar-refractivity contribution in [3.05, 3.63) is 17.7 Å². The Morgan fingerprint density at radius 2 is 1.82 bits per heavy atom. The lowest BCUT2D eigenvalue weighted by atomic mass is 10.1. The topological polar surface area (TPSA) is 57.8 Å². The third kappa shape index (κ3) is 3.11. The van der Waals surface area contributed by atoms with E-state index in [4.69, 9.17) is 14.7 Å². The standard InChI is InChI=1S/C12H15N3O2/c1-15(2)8-14-10-6-12(17-4)11(16-3)5-9(10)7-13/h5-6,8H,1-4H3/b14-8+. The first-order valence-electron chi connectivity index (χ1n) is 4.99. The number of hydrogen-bond donors (Lipinski definition) is 0. The molecule has 0 aromatic heterocycles. The molecule has 0 N–H and O–H groups in total. The van der Waals surface area contributed by atoms with Crippen molar-refractivity contribution in [2.24, 2.45) is 4.99 Å². The summed E-state index contributed by atoms with van der Waals surface area (Å²) in [6, 6.07) is 5.37. The second kappa shape index (κ2) is 5.75. The zero-order chi connectivity index (χ0) is 12.8. The fourth-order valence-electron chi connectivity index (χ4n) is 1.24. The maximum absolute atomic E-state index is 9.03. The average Bonchev–Trinajstić information content (AvgIpc) is 2.34. The summed E-state index contributed by atoms with van der Waals surface area (Å²) < 4.78 is 10.3. The van der Waals surface area contributed by atoms with Crippen LogP contribution in [0, 0.1) is 11.3 Å². The molecule has 0 radical (unpaired) electrons. The van der Waals surface area contributed by atoms with Crippen LogP contribution >= 0.6 is 0 Å². The Morgan fingerprint density at radius 1 is 1.24 bits per heavy atom. The summed E-state index contributed by atoms with van der Waals surface area (Å²) in [5.74, 6) is 1.07. The Bertz CT molecular complexity index is 462. The summed E-state index contributed by atoms with van der Waals surface area (Å²) in [5.41, 5.74) is 1.000. The fraction of sp³-hybridized carbons (Fsp3) is 0.333. The van der Waals surface area contributed by atoms with Crippen molar-refractivity contribution in [2.75, 3.05) is 28.3 Å². The van der Waals surface area contributed by atoms with E-state index in [0.29, 0.717) is 22.7 Å². The van der Waals surface area contributed by atoms with E-state index in [1.165, 1.54) is 7.11 Å². The van der Waals surface area contributed by atoms with Gasteiger partial charge >= 0.3 is 0 Å². The van der Waals surface area contributed by atoms with Gasteiger partial charge < -0.3 is 14.4 Å². The monoisotopic (exact) mass is 233 g/mol. The molecule has 0 bridgehead atoms. The van der Waals surface area contributed by atoms with E-state index in [-0.39, 0.29) is 0 Å². The summed E-state index contributed by atoms with van der Waals surface area (Å²) >= 11 is 0. The molecule has 0 aliphatic carbocycles. The van der Waals surface area contributed by atoms with E-state index < -0.39 is 0 Å². The highest BCUT2D eigenvalue weighted by molar-refractivity contribution is 5.68. The Hall–Kier alpha value is -2.22. The number of aliphatic imine (C=N–C) groups is 1. The molecule has 1 rings (SSSR count). The van der Waals surface area contributed by atoms with Crippen molar-refractivity contribution < 1.29 is 9.47 Å². The highest BCUT2D eigenvalue weighted by atomic mass is 16.5. The Kier molecular flexibility index (Phi) is 4.35. The van der Waals surface area contributed by atoms with Gasteiger partial charge in [0.05, 0.1) is 31.8 Å². The van der Waals surface area contributed by atoms with Gasteiger partial charge in [-0.05, 0) is 0 Å². The summed E-state index contributed by atoms with van der Waals surface area (Å²) in [6.07, 6.45) is 1.63. The second-order valence-corrected chi connectivity index (χ2v) is 3.54. The molecule has 0 saturated carbocycles. The molecular weight excluding hydrogens is 218 g/mol. The van der Waals surface area contributed by atoms with Gasteiger partial charge in [0, 0.05) is 26.2 Å². The van der Waals surface area contributed by atoms with Crippen LogP contribution in [-0.4, -0.2) is 39.6 Å². The minimum atomic E-state index is 0.445. The zero-order valence-corrected chi connectivity index (χ0v) is 10.4. The molecule has 0 aliphatic heterocycles. The van der Waals surface area contributed by atoms with Crippen LogP contribution in [-0.2, 0) is 0 Å². The SMILES string of the molecule is COc1cc(C#N)c(/N=C/N(C)C)cc1OC. The number of nitrogens with zero attached hydrogens (tertiary/aromatic N) is 3. The normalized spacial score (nSPS) is 10.1. The van der Waals surface area contributed by atoms with Crippen LogP contribution < -0.4 is 9.47 Å². The maximum Gasteiger partial charge on any atom is 0.162 e.